The van der Waals surface area contributed by atoms with E-state index in [9.17, 15) is 19.2 Å². The standard InChI is InChI=1S/C28H24BrN3O5/c1-16-4-8-21(9-5-16)30-25(33)15-37-24-11-7-20(29)13-19(24)14-23-26(34)31-28(36)32(27(23)35)22-10-6-17(2)18(3)12-22/h4-14H,15H2,1-3H3,(H,30,33)(H,31,34,36)/b23-14+. The minimum Gasteiger partial charge on any atom is -0.483 e. The van der Waals surface area contributed by atoms with Gasteiger partial charge in [-0.1, -0.05) is 39.7 Å². The predicted molar refractivity (Wildman–Crippen MR) is 144 cm³/mol. The van der Waals surface area contributed by atoms with Gasteiger partial charge in [0.05, 0.1) is 5.69 Å². The van der Waals surface area contributed by atoms with Gasteiger partial charge in [0.25, 0.3) is 17.7 Å². The van der Waals surface area contributed by atoms with Crippen LogP contribution in [0.15, 0.2) is 70.7 Å². The highest BCUT2D eigenvalue weighted by Gasteiger charge is 2.37. The van der Waals surface area contributed by atoms with Gasteiger partial charge >= 0.3 is 6.03 Å². The number of amides is 5. The van der Waals surface area contributed by atoms with Crippen LogP contribution in [-0.2, 0) is 14.4 Å². The number of hydrogen-bond donors (Lipinski definition) is 2. The van der Waals surface area contributed by atoms with E-state index in [-0.39, 0.29) is 23.8 Å². The van der Waals surface area contributed by atoms with Crippen molar-refractivity contribution in [1.29, 1.82) is 0 Å². The molecular formula is C28H24BrN3O5. The summed E-state index contributed by atoms with van der Waals surface area (Å²) in [5.41, 5.74) is 4.09. The van der Waals surface area contributed by atoms with E-state index >= 15 is 0 Å². The summed E-state index contributed by atoms with van der Waals surface area (Å²) in [6, 6.07) is 16.7. The molecule has 1 saturated heterocycles. The van der Waals surface area contributed by atoms with Crippen molar-refractivity contribution in [2.45, 2.75) is 20.8 Å². The van der Waals surface area contributed by atoms with Gasteiger partial charge in [0.1, 0.15) is 11.3 Å². The summed E-state index contributed by atoms with van der Waals surface area (Å²) in [5.74, 6) is -1.67. The number of carbonyl (C=O) groups is 4. The molecule has 188 valence electrons. The van der Waals surface area contributed by atoms with Crippen LogP contribution in [0, 0.1) is 20.8 Å². The molecule has 0 aromatic heterocycles. The molecule has 8 nitrogen and oxygen atoms in total. The van der Waals surface area contributed by atoms with Gasteiger partial charge in [-0.05, 0) is 80.4 Å². The van der Waals surface area contributed by atoms with Gasteiger partial charge in [-0.25, -0.2) is 9.69 Å². The third-order valence-corrected chi connectivity index (χ3v) is 6.31. The summed E-state index contributed by atoms with van der Waals surface area (Å²) >= 11 is 3.38. The van der Waals surface area contributed by atoms with E-state index in [4.69, 9.17) is 4.74 Å². The van der Waals surface area contributed by atoms with E-state index in [2.05, 4.69) is 26.6 Å². The number of carbonyl (C=O) groups excluding carboxylic acids is 4. The molecule has 1 aliphatic heterocycles. The first-order chi connectivity index (χ1) is 17.6. The van der Waals surface area contributed by atoms with Gasteiger partial charge in [-0.15, -0.1) is 0 Å². The summed E-state index contributed by atoms with van der Waals surface area (Å²) in [7, 11) is 0. The molecule has 37 heavy (non-hydrogen) atoms. The predicted octanol–water partition coefficient (Wildman–Crippen LogP) is 5.06. The molecule has 0 radical (unpaired) electrons. The number of ether oxygens (including phenoxy) is 1. The zero-order valence-electron chi connectivity index (χ0n) is 20.4. The average molecular weight is 562 g/mol. The second-order valence-corrected chi connectivity index (χ2v) is 9.53. The number of rotatable bonds is 6. The molecule has 1 heterocycles. The van der Waals surface area contributed by atoms with E-state index < -0.39 is 17.8 Å². The lowest BCUT2D eigenvalue weighted by Crippen LogP contribution is -2.54. The molecule has 2 N–H and O–H groups in total. The lowest BCUT2D eigenvalue weighted by atomic mass is 10.0. The van der Waals surface area contributed by atoms with Crippen molar-refractivity contribution in [3.63, 3.8) is 0 Å². The number of barbiturate groups is 1. The maximum absolute atomic E-state index is 13.3. The van der Waals surface area contributed by atoms with Crippen LogP contribution in [0.4, 0.5) is 16.2 Å². The summed E-state index contributed by atoms with van der Waals surface area (Å²) in [6.07, 6.45) is 1.34. The second kappa shape index (κ2) is 10.8. The van der Waals surface area contributed by atoms with Crippen LogP contribution < -0.4 is 20.3 Å². The topological polar surface area (TPSA) is 105 Å². The maximum Gasteiger partial charge on any atom is 0.335 e. The third-order valence-electron chi connectivity index (χ3n) is 5.82. The Bertz CT molecular complexity index is 1450. The van der Waals surface area contributed by atoms with E-state index in [1.165, 1.54) is 6.08 Å². The van der Waals surface area contributed by atoms with Gasteiger partial charge < -0.3 is 10.1 Å². The molecule has 0 atom stereocenters. The Labute approximate surface area is 222 Å². The highest BCUT2D eigenvalue weighted by Crippen LogP contribution is 2.29. The molecule has 3 aromatic rings. The van der Waals surface area contributed by atoms with E-state index in [0.29, 0.717) is 21.4 Å². The lowest BCUT2D eigenvalue weighted by molar-refractivity contribution is -0.122. The zero-order valence-corrected chi connectivity index (χ0v) is 22.0. The van der Waals surface area contributed by atoms with Crippen molar-refractivity contribution >= 4 is 57.1 Å². The quantitative estimate of drug-likeness (QED) is 0.323. The Morgan fingerprint density at radius 2 is 1.70 bits per heavy atom. The van der Waals surface area contributed by atoms with Crippen molar-refractivity contribution in [3.05, 3.63) is 93.0 Å². The van der Waals surface area contributed by atoms with Crippen LogP contribution in [0.2, 0.25) is 0 Å². The molecular weight excluding hydrogens is 538 g/mol. The molecule has 1 fully saturated rings. The molecule has 0 bridgehead atoms. The smallest absolute Gasteiger partial charge is 0.335 e. The molecule has 4 rings (SSSR count). The van der Waals surface area contributed by atoms with E-state index in [0.717, 1.165) is 21.6 Å². The van der Waals surface area contributed by atoms with Crippen molar-refractivity contribution in [2.75, 3.05) is 16.8 Å². The van der Waals surface area contributed by atoms with Gasteiger partial charge in [-0.2, -0.15) is 0 Å². The number of nitrogens with one attached hydrogen (secondary N) is 2. The Morgan fingerprint density at radius 1 is 0.973 bits per heavy atom. The molecule has 1 aliphatic rings. The molecule has 0 spiro atoms. The minimum atomic E-state index is -0.825. The first-order valence-electron chi connectivity index (χ1n) is 11.4. The van der Waals surface area contributed by atoms with E-state index in [1.807, 2.05) is 32.9 Å². The van der Waals surface area contributed by atoms with Crippen molar-refractivity contribution in [1.82, 2.24) is 5.32 Å². The fraction of sp³-hybridized carbons (Fsp3) is 0.143. The van der Waals surface area contributed by atoms with Crippen LogP contribution in [0.25, 0.3) is 6.08 Å². The number of imide groups is 2. The van der Waals surface area contributed by atoms with Crippen LogP contribution in [0.5, 0.6) is 5.75 Å². The highest BCUT2D eigenvalue weighted by molar-refractivity contribution is 9.10. The molecule has 0 unspecified atom stereocenters. The summed E-state index contributed by atoms with van der Waals surface area (Å²) in [6.45, 7) is 5.45. The third kappa shape index (κ3) is 5.95. The Kier molecular flexibility index (Phi) is 7.54. The summed E-state index contributed by atoms with van der Waals surface area (Å²) in [4.78, 5) is 51.8. The number of hydrogen-bond acceptors (Lipinski definition) is 5. The maximum atomic E-state index is 13.3. The summed E-state index contributed by atoms with van der Waals surface area (Å²) in [5, 5.41) is 4.97. The zero-order chi connectivity index (χ0) is 26.7. The molecule has 3 aromatic carbocycles. The number of nitrogens with zero attached hydrogens (tertiary/aromatic N) is 1. The van der Waals surface area contributed by atoms with Crippen LogP contribution >= 0.6 is 15.9 Å². The van der Waals surface area contributed by atoms with Crippen molar-refractivity contribution in [2.24, 2.45) is 0 Å². The average Bonchev–Trinajstić information content (AvgIpc) is 2.84. The van der Waals surface area contributed by atoms with Crippen LogP contribution in [0.1, 0.15) is 22.3 Å². The van der Waals surface area contributed by atoms with Crippen LogP contribution in [0.3, 0.4) is 0 Å². The first-order valence-corrected chi connectivity index (χ1v) is 12.2. The molecule has 0 saturated carbocycles. The first kappa shape index (κ1) is 25.8. The molecule has 9 heteroatoms. The van der Waals surface area contributed by atoms with Crippen LogP contribution in [-0.4, -0.2) is 30.4 Å². The lowest BCUT2D eigenvalue weighted by Gasteiger charge is -2.27. The van der Waals surface area contributed by atoms with Crippen molar-refractivity contribution < 1.29 is 23.9 Å². The van der Waals surface area contributed by atoms with Gasteiger partial charge in [0.15, 0.2) is 6.61 Å². The number of aryl methyl sites for hydroxylation is 3. The Morgan fingerprint density at radius 3 is 2.41 bits per heavy atom. The second-order valence-electron chi connectivity index (χ2n) is 8.61. The largest absolute Gasteiger partial charge is 0.483 e. The van der Waals surface area contributed by atoms with Gasteiger partial charge in [-0.3, -0.25) is 19.7 Å². The van der Waals surface area contributed by atoms with Crippen molar-refractivity contribution in [3.8, 4) is 5.75 Å². The molecule has 0 aliphatic carbocycles. The fourth-order valence-electron chi connectivity index (χ4n) is 3.65. The van der Waals surface area contributed by atoms with Gasteiger partial charge in [0, 0.05) is 15.7 Å². The fourth-order valence-corrected chi connectivity index (χ4v) is 4.03. The number of benzene rings is 3. The Balaban J connectivity index is 1.58. The van der Waals surface area contributed by atoms with E-state index in [1.54, 1.807) is 48.5 Å². The number of urea groups is 1. The number of halogens is 1. The monoisotopic (exact) mass is 561 g/mol. The minimum absolute atomic E-state index is 0.245. The molecule has 5 amide bonds. The Hall–Kier alpha value is -4.24. The summed E-state index contributed by atoms with van der Waals surface area (Å²) < 4.78 is 6.39. The number of anilines is 2. The highest BCUT2D eigenvalue weighted by atomic mass is 79.9. The van der Waals surface area contributed by atoms with Gasteiger partial charge in [0.2, 0.25) is 0 Å². The SMILES string of the molecule is Cc1ccc(NC(=O)COc2ccc(Br)cc2/C=C2\C(=O)NC(=O)N(c3ccc(C)c(C)c3)C2=O)cc1. The normalized spacial score (nSPS) is 14.5.